The van der Waals surface area contributed by atoms with Gasteiger partial charge in [-0.05, 0) is 17.7 Å². The fourth-order valence-corrected chi connectivity index (χ4v) is 2.25. The Labute approximate surface area is 121 Å². The van der Waals surface area contributed by atoms with Gasteiger partial charge in [-0.25, -0.2) is 14.4 Å². The van der Waals surface area contributed by atoms with Gasteiger partial charge < -0.3 is 9.64 Å². The summed E-state index contributed by atoms with van der Waals surface area (Å²) in [6, 6.07) is 4.58. The van der Waals surface area contributed by atoms with Crippen LogP contribution in [-0.4, -0.2) is 36.3 Å². The summed E-state index contributed by atoms with van der Waals surface area (Å²) in [6.45, 7) is 2.97. The molecule has 1 aromatic carbocycles. The number of aromatic nitrogens is 2. The third-order valence-corrected chi connectivity index (χ3v) is 3.47. The van der Waals surface area contributed by atoms with E-state index in [1.807, 2.05) is 0 Å². The molecule has 2 heterocycles. The van der Waals surface area contributed by atoms with E-state index in [0.29, 0.717) is 19.2 Å². The predicted octanol–water partition coefficient (Wildman–Crippen LogP) is 2.77. The van der Waals surface area contributed by atoms with E-state index in [4.69, 9.17) is 16.3 Å². The summed E-state index contributed by atoms with van der Waals surface area (Å²) >= 11 is 5.78. The second-order valence-electron chi connectivity index (χ2n) is 4.50. The highest BCUT2D eigenvalue weighted by Crippen LogP contribution is 2.24. The summed E-state index contributed by atoms with van der Waals surface area (Å²) in [5.41, 5.74) is 1.61. The maximum Gasteiger partial charge on any atom is 0.225 e. The first-order valence-electron chi connectivity index (χ1n) is 6.34. The molecule has 0 bridgehead atoms. The molecule has 0 amide bonds. The van der Waals surface area contributed by atoms with E-state index in [9.17, 15) is 4.39 Å². The summed E-state index contributed by atoms with van der Waals surface area (Å²) < 4.78 is 18.4. The lowest BCUT2D eigenvalue weighted by molar-refractivity contribution is 0.122. The Kier molecular flexibility index (Phi) is 3.80. The van der Waals surface area contributed by atoms with Crippen molar-refractivity contribution in [2.45, 2.75) is 0 Å². The molecular formula is C14H13ClFN3O. The minimum absolute atomic E-state index is 0.0970. The summed E-state index contributed by atoms with van der Waals surface area (Å²) in [7, 11) is 0. The fourth-order valence-electron chi connectivity index (χ4n) is 2.07. The zero-order valence-electron chi connectivity index (χ0n) is 10.7. The minimum atomic E-state index is -0.429. The van der Waals surface area contributed by atoms with Gasteiger partial charge in [-0.3, -0.25) is 0 Å². The van der Waals surface area contributed by atoms with Crippen molar-refractivity contribution in [3.63, 3.8) is 0 Å². The summed E-state index contributed by atoms with van der Waals surface area (Å²) in [6.07, 6.45) is 3.45. The van der Waals surface area contributed by atoms with Crippen LogP contribution in [0.15, 0.2) is 30.6 Å². The van der Waals surface area contributed by atoms with Gasteiger partial charge in [-0.1, -0.05) is 17.7 Å². The van der Waals surface area contributed by atoms with Crippen molar-refractivity contribution in [1.29, 1.82) is 0 Å². The van der Waals surface area contributed by atoms with Gasteiger partial charge in [0.1, 0.15) is 5.82 Å². The number of morpholine rings is 1. The van der Waals surface area contributed by atoms with E-state index in [-0.39, 0.29) is 5.02 Å². The standard InChI is InChI=1S/C14H13ClFN3O/c15-12-7-10(1-2-13(12)16)11-8-17-14(18-9-11)19-3-5-20-6-4-19/h1-2,7-9H,3-6H2. The van der Waals surface area contributed by atoms with Crippen molar-refractivity contribution in [3.8, 4) is 11.1 Å². The van der Waals surface area contributed by atoms with Crippen molar-refractivity contribution in [3.05, 3.63) is 41.4 Å². The lowest BCUT2D eigenvalue weighted by Crippen LogP contribution is -2.37. The Morgan fingerprint density at radius 2 is 1.80 bits per heavy atom. The Bertz CT molecular complexity index is 600. The van der Waals surface area contributed by atoms with Crippen molar-refractivity contribution in [1.82, 2.24) is 9.97 Å². The molecule has 104 valence electrons. The van der Waals surface area contributed by atoms with Gasteiger partial charge in [-0.2, -0.15) is 0 Å². The highest BCUT2D eigenvalue weighted by atomic mass is 35.5. The van der Waals surface area contributed by atoms with Gasteiger partial charge in [0.25, 0.3) is 0 Å². The van der Waals surface area contributed by atoms with Gasteiger partial charge >= 0.3 is 0 Å². The minimum Gasteiger partial charge on any atom is -0.378 e. The van der Waals surface area contributed by atoms with Crippen LogP contribution in [0.25, 0.3) is 11.1 Å². The number of hydrogen-bond donors (Lipinski definition) is 0. The molecule has 1 fully saturated rings. The summed E-state index contributed by atoms with van der Waals surface area (Å²) in [5, 5.41) is 0.0970. The van der Waals surface area contributed by atoms with E-state index in [0.717, 1.165) is 24.2 Å². The molecule has 0 radical (unpaired) electrons. The molecule has 6 heteroatoms. The molecule has 4 nitrogen and oxygen atoms in total. The van der Waals surface area contributed by atoms with Gasteiger partial charge in [0.2, 0.25) is 5.95 Å². The zero-order chi connectivity index (χ0) is 13.9. The first-order chi connectivity index (χ1) is 9.74. The van der Waals surface area contributed by atoms with Crippen LogP contribution in [-0.2, 0) is 4.74 Å². The van der Waals surface area contributed by atoms with Gasteiger partial charge in [0.15, 0.2) is 0 Å². The topological polar surface area (TPSA) is 38.2 Å². The largest absolute Gasteiger partial charge is 0.378 e. The number of nitrogens with zero attached hydrogens (tertiary/aromatic N) is 3. The highest BCUT2D eigenvalue weighted by Gasteiger charge is 2.13. The normalized spacial score (nSPS) is 15.4. The highest BCUT2D eigenvalue weighted by molar-refractivity contribution is 6.31. The van der Waals surface area contributed by atoms with Crippen molar-refractivity contribution in [2.75, 3.05) is 31.2 Å². The Hall–Kier alpha value is -1.72. The Morgan fingerprint density at radius 1 is 1.10 bits per heavy atom. The average molecular weight is 294 g/mol. The second kappa shape index (κ2) is 5.73. The van der Waals surface area contributed by atoms with E-state index in [2.05, 4.69) is 14.9 Å². The maximum absolute atomic E-state index is 13.1. The van der Waals surface area contributed by atoms with Crippen LogP contribution in [0.3, 0.4) is 0 Å². The molecule has 1 aromatic heterocycles. The van der Waals surface area contributed by atoms with E-state index in [1.165, 1.54) is 6.07 Å². The third-order valence-electron chi connectivity index (χ3n) is 3.19. The number of hydrogen-bond acceptors (Lipinski definition) is 4. The molecule has 0 N–H and O–H groups in total. The molecule has 1 saturated heterocycles. The van der Waals surface area contributed by atoms with Crippen molar-refractivity contribution in [2.24, 2.45) is 0 Å². The number of halogens is 2. The monoisotopic (exact) mass is 293 g/mol. The summed E-state index contributed by atoms with van der Waals surface area (Å²) in [5.74, 6) is 0.256. The average Bonchev–Trinajstić information content (AvgIpc) is 2.51. The third kappa shape index (κ3) is 2.73. The smallest absolute Gasteiger partial charge is 0.225 e. The van der Waals surface area contributed by atoms with E-state index in [1.54, 1.807) is 24.5 Å². The zero-order valence-corrected chi connectivity index (χ0v) is 11.5. The SMILES string of the molecule is Fc1ccc(-c2cnc(N3CCOCC3)nc2)cc1Cl. The van der Waals surface area contributed by atoms with Gasteiger partial charge in [-0.15, -0.1) is 0 Å². The molecule has 1 aliphatic rings. The number of benzene rings is 1. The molecule has 0 spiro atoms. The molecule has 0 atom stereocenters. The van der Waals surface area contributed by atoms with Crippen LogP contribution in [0.1, 0.15) is 0 Å². The molecule has 1 aliphatic heterocycles. The molecule has 0 saturated carbocycles. The van der Waals surface area contributed by atoms with Gasteiger partial charge in [0.05, 0.1) is 18.2 Å². The second-order valence-corrected chi connectivity index (χ2v) is 4.91. The van der Waals surface area contributed by atoms with Crippen LogP contribution in [0.2, 0.25) is 5.02 Å². The maximum atomic E-state index is 13.1. The van der Waals surface area contributed by atoms with Gasteiger partial charge in [0, 0.05) is 31.0 Å². The Morgan fingerprint density at radius 3 is 2.45 bits per heavy atom. The molecule has 0 unspecified atom stereocenters. The van der Waals surface area contributed by atoms with Crippen LogP contribution in [0.4, 0.5) is 10.3 Å². The first-order valence-corrected chi connectivity index (χ1v) is 6.72. The van der Waals surface area contributed by atoms with Crippen LogP contribution < -0.4 is 4.90 Å². The first kappa shape index (κ1) is 13.3. The van der Waals surface area contributed by atoms with Crippen molar-refractivity contribution >= 4 is 17.5 Å². The number of ether oxygens (including phenoxy) is 1. The molecular weight excluding hydrogens is 281 g/mol. The quantitative estimate of drug-likeness (QED) is 0.853. The molecule has 2 aromatic rings. The molecule has 0 aliphatic carbocycles. The summed E-state index contributed by atoms with van der Waals surface area (Å²) in [4.78, 5) is 10.8. The lowest BCUT2D eigenvalue weighted by Gasteiger charge is -2.26. The number of rotatable bonds is 2. The number of anilines is 1. The van der Waals surface area contributed by atoms with E-state index < -0.39 is 5.82 Å². The molecule has 3 rings (SSSR count). The fraction of sp³-hybridized carbons (Fsp3) is 0.286. The Balaban J connectivity index is 1.83. The van der Waals surface area contributed by atoms with Crippen LogP contribution >= 0.6 is 11.6 Å². The molecule has 20 heavy (non-hydrogen) atoms. The predicted molar refractivity (Wildman–Crippen MR) is 75.5 cm³/mol. The van der Waals surface area contributed by atoms with Crippen LogP contribution in [0, 0.1) is 5.82 Å². The lowest BCUT2D eigenvalue weighted by atomic mass is 10.1. The van der Waals surface area contributed by atoms with Crippen molar-refractivity contribution < 1.29 is 9.13 Å². The van der Waals surface area contributed by atoms with Crippen LogP contribution in [0.5, 0.6) is 0 Å². The van der Waals surface area contributed by atoms with E-state index >= 15 is 0 Å².